The number of nitrogens with one attached hydrogen (secondary N) is 1. The van der Waals surface area contributed by atoms with E-state index in [1.807, 2.05) is 0 Å². The third kappa shape index (κ3) is 6.03. The van der Waals surface area contributed by atoms with Gasteiger partial charge in [0.25, 0.3) is 0 Å². The summed E-state index contributed by atoms with van der Waals surface area (Å²) in [5, 5.41) is 11.2. The molecule has 0 aromatic rings. The van der Waals surface area contributed by atoms with Crippen LogP contribution >= 0.6 is 15.9 Å². The molecule has 0 aliphatic heterocycles. The lowest BCUT2D eigenvalue weighted by Crippen LogP contribution is -2.40. The molecule has 64 valence electrons. The summed E-state index contributed by atoms with van der Waals surface area (Å²) in [4.78, 5) is 10.2. The van der Waals surface area contributed by atoms with Gasteiger partial charge in [0.15, 0.2) is 0 Å². The molecule has 5 heteroatoms. The Kier molecular flexibility index (Phi) is 5.10. The normalized spacial score (nSPS) is 12.5. The molecule has 11 heavy (non-hydrogen) atoms. The molecule has 0 spiro atoms. The Balaban J connectivity index is 3.39. The molecule has 0 saturated heterocycles. The van der Waals surface area contributed by atoms with E-state index in [4.69, 9.17) is 10.8 Å². The molecule has 0 aliphatic rings. The molecule has 0 aliphatic carbocycles. The van der Waals surface area contributed by atoms with Crippen LogP contribution in [0.5, 0.6) is 0 Å². The summed E-state index contributed by atoms with van der Waals surface area (Å²) >= 11 is 3.12. The van der Waals surface area contributed by atoms with Crippen molar-refractivity contribution in [1.29, 1.82) is 0 Å². The number of carbonyl (C=O) groups is 1. The van der Waals surface area contributed by atoms with Crippen molar-refractivity contribution in [3.8, 4) is 0 Å². The number of carboxylic acid groups (broad SMARTS) is 1. The van der Waals surface area contributed by atoms with E-state index >= 15 is 0 Å². The number of aliphatic carboxylic acids is 1. The number of nitrogens with two attached hydrogens (primary N) is 1. The van der Waals surface area contributed by atoms with Gasteiger partial charge in [-0.2, -0.15) is 0 Å². The molecule has 0 aromatic heterocycles. The van der Waals surface area contributed by atoms with Gasteiger partial charge in [0.2, 0.25) is 0 Å². The molecule has 1 unspecified atom stereocenters. The molecule has 0 aromatic carbocycles. The Morgan fingerprint density at radius 1 is 1.82 bits per heavy atom. The minimum atomic E-state index is -1.00. The fraction of sp³-hybridized carbons (Fsp3) is 0.500. The number of rotatable bonds is 5. The van der Waals surface area contributed by atoms with Gasteiger partial charge in [-0.05, 0) is 0 Å². The van der Waals surface area contributed by atoms with E-state index in [1.54, 1.807) is 0 Å². The maximum atomic E-state index is 10.2. The van der Waals surface area contributed by atoms with Gasteiger partial charge in [0.1, 0.15) is 6.04 Å². The highest BCUT2D eigenvalue weighted by molar-refractivity contribution is 9.11. The van der Waals surface area contributed by atoms with Crippen LogP contribution in [0.1, 0.15) is 0 Å². The molecule has 1 atom stereocenters. The van der Waals surface area contributed by atoms with Gasteiger partial charge < -0.3 is 16.2 Å². The van der Waals surface area contributed by atoms with E-state index in [2.05, 4.69) is 27.8 Å². The maximum Gasteiger partial charge on any atom is 0.321 e. The van der Waals surface area contributed by atoms with Crippen LogP contribution in [0.25, 0.3) is 0 Å². The highest BCUT2D eigenvalue weighted by Crippen LogP contribution is 1.96. The number of hydrogen-bond donors (Lipinski definition) is 3. The van der Waals surface area contributed by atoms with Crippen LogP contribution in [0.4, 0.5) is 0 Å². The Morgan fingerprint density at radius 3 is 2.73 bits per heavy atom. The first-order chi connectivity index (χ1) is 5.04. The third-order valence-corrected chi connectivity index (χ3v) is 1.28. The SMILES string of the molecule is C=C(Br)CNCC(N)C(=O)O. The van der Waals surface area contributed by atoms with Crippen LogP contribution in [0, 0.1) is 0 Å². The van der Waals surface area contributed by atoms with E-state index in [1.165, 1.54) is 0 Å². The molecule has 0 heterocycles. The fourth-order valence-electron chi connectivity index (χ4n) is 0.451. The van der Waals surface area contributed by atoms with E-state index < -0.39 is 12.0 Å². The van der Waals surface area contributed by atoms with Crippen LogP contribution in [0.15, 0.2) is 11.1 Å². The summed E-state index contributed by atoms with van der Waals surface area (Å²) in [5.41, 5.74) is 5.20. The van der Waals surface area contributed by atoms with E-state index in [0.717, 1.165) is 4.48 Å². The van der Waals surface area contributed by atoms with Crippen LogP contribution < -0.4 is 11.1 Å². The van der Waals surface area contributed by atoms with Crippen molar-refractivity contribution in [3.05, 3.63) is 11.1 Å². The lowest BCUT2D eigenvalue weighted by atomic mass is 10.3. The van der Waals surface area contributed by atoms with Crippen LogP contribution in [-0.4, -0.2) is 30.2 Å². The Morgan fingerprint density at radius 2 is 2.36 bits per heavy atom. The Labute approximate surface area is 73.6 Å². The molecule has 0 saturated carbocycles. The highest BCUT2D eigenvalue weighted by atomic mass is 79.9. The lowest BCUT2D eigenvalue weighted by Gasteiger charge is -2.06. The van der Waals surface area contributed by atoms with Crippen LogP contribution in [0.3, 0.4) is 0 Å². The van der Waals surface area contributed by atoms with Crippen molar-refractivity contribution in [1.82, 2.24) is 5.32 Å². The topological polar surface area (TPSA) is 75.3 Å². The molecular formula is C6H11BrN2O2. The molecule has 0 amide bonds. The second kappa shape index (κ2) is 5.29. The molecule has 0 radical (unpaired) electrons. The van der Waals surface area contributed by atoms with Crippen molar-refractivity contribution < 1.29 is 9.90 Å². The minimum absolute atomic E-state index is 0.250. The average Bonchev–Trinajstić information content (AvgIpc) is 1.86. The zero-order chi connectivity index (χ0) is 8.85. The Hall–Kier alpha value is -0.390. The average molecular weight is 223 g/mol. The number of hydrogen-bond acceptors (Lipinski definition) is 3. The van der Waals surface area contributed by atoms with Gasteiger partial charge in [-0.3, -0.25) is 4.79 Å². The van der Waals surface area contributed by atoms with E-state index in [-0.39, 0.29) is 6.54 Å². The van der Waals surface area contributed by atoms with Gasteiger partial charge in [-0.15, -0.1) is 0 Å². The first-order valence-electron chi connectivity index (χ1n) is 3.06. The molecule has 0 rings (SSSR count). The summed E-state index contributed by atoms with van der Waals surface area (Å²) in [6.07, 6.45) is 0. The quantitative estimate of drug-likeness (QED) is 0.608. The molecule has 0 fully saturated rings. The second-order valence-corrected chi connectivity index (χ2v) is 3.21. The highest BCUT2D eigenvalue weighted by Gasteiger charge is 2.09. The van der Waals surface area contributed by atoms with Gasteiger partial charge in [0, 0.05) is 17.6 Å². The van der Waals surface area contributed by atoms with E-state index in [0.29, 0.717) is 6.54 Å². The van der Waals surface area contributed by atoms with Crippen molar-refractivity contribution in [2.24, 2.45) is 5.73 Å². The monoisotopic (exact) mass is 222 g/mol. The van der Waals surface area contributed by atoms with Crippen molar-refractivity contribution in [2.75, 3.05) is 13.1 Å². The predicted octanol–water partition coefficient (Wildman–Crippen LogP) is -0.104. The first kappa shape index (κ1) is 10.6. The molecule has 4 N–H and O–H groups in total. The summed E-state index contributed by atoms with van der Waals surface area (Å²) in [7, 11) is 0. The van der Waals surface area contributed by atoms with Crippen molar-refractivity contribution in [2.45, 2.75) is 6.04 Å². The van der Waals surface area contributed by atoms with Crippen molar-refractivity contribution >= 4 is 21.9 Å². The minimum Gasteiger partial charge on any atom is -0.480 e. The predicted molar refractivity (Wildman–Crippen MR) is 46.5 cm³/mol. The largest absolute Gasteiger partial charge is 0.480 e. The summed E-state index contributed by atoms with van der Waals surface area (Å²) < 4.78 is 0.773. The zero-order valence-electron chi connectivity index (χ0n) is 6.01. The zero-order valence-corrected chi connectivity index (χ0v) is 7.60. The number of halogens is 1. The smallest absolute Gasteiger partial charge is 0.321 e. The summed E-state index contributed by atoms with van der Waals surface area (Å²) in [6, 6.07) is -0.846. The molecular weight excluding hydrogens is 212 g/mol. The lowest BCUT2D eigenvalue weighted by molar-refractivity contribution is -0.138. The standard InChI is InChI=1S/C6H11BrN2O2/c1-4(7)2-9-3-5(8)6(10)11/h5,9H,1-3,8H2,(H,10,11). The molecule has 4 nitrogen and oxygen atoms in total. The second-order valence-electron chi connectivity index (χ2n) is 2.09. The maximum absolute atomic E-state index is 10.2. The summed E-state index contributed by atoms with van der Waals surface area (Å²) in [6.45, 7) is 4.34. The van der Waals surface area contributed by atoms with Crippen LogP contribution in [-0.2, 0) is 4.79 Å². The van der Waals surface area contributed by atoms with Crippen molar-refractivity contribution in [3.63, 3.8) is 0 Å². The van der Waals surface area contributed by atoms with E-state index in [9.17, 15) is 4.79 Å². The fourth-order valence-corrected chi connectivity index (χ4v) is 0.649. The van der Waals surface area contributed by atoms with Gasteiger partial charge in [-0.25, -0.2) is 0 Å². The molecule has 0 bridgehead atoms. The van der Waals surface area contributed by atoms with Crippen LogP contribution in [0.2, 0.25) is 0 Å². The Bertz CT molecular complexity index is 161. The first-order valence-corrected chi connectivity index (χ1v) is 3.85. The summed E-state index contributed by atoms with van der Waals surface area (Å²) in [5.74, 6) is -1.00. The third-order valence-electron chi connectivity index (χ3n) is 0.998. The number of carboxylic acids is 1. The van der Waals surface area contributed by atoms with Gasteiger partial charge in [0.05, 0.1) is 0 Å². The van der Waals surface area contributed by atoms with Gasteiger partial charge >= 0.3 is 5.97 Å². The van der Waals surface area contributed by atoms with Gasteiger partial charge in [-0.1, -0.05) is 22.5 Å².